The number of amides is 1. The van der Waals surface area contributed by atoms with Gasteiger partial charge in [0, 0.05) is 24.7 Å². The zero-order chi connectivity index (χ0) is 11.5. The van der Waals surface area contributed by atoms with Crippen LogP contribution in [0.15, 0.2) is 0 Å². The normalized spacial score (nSPS) is 22.8. The number of hydrogen-bond acceptors (Lipinski definition) is 3. The van der Waals surface area contributed by atoms with Gasteiger partial charge in [-0.3, -0.25) is 4.90 Å². The predicted molar refractivity (Wildman–Crippen MR) is 59.9 cm³/mol. The van der Waals surface area contributed by atoms with E-state index in [1.807, 2.05) is 6.92 Å². The van der Waals surface area contributed by atoms with E-state index >= 15 is 0 Å². The largest absolute Gasteiger partial charge is 0.450 e. The topological polar surface area (TPSA) is 41.6 Å². The standard InChI is InChI=1S/C11H22N2O2/c1-5-15-10(14)12-9-6-7-13(8-9)11(2,3)4/h9H,5-8H2,1-4H3,(H,12,14)/t9-/m0/s1. The first-order chi connectivity index (χ1) is 6.93. The van der Waals surface area contributed by atoms with Crippen LogP contribution in [0.2, 0.25) is 0 Å². The van der Waals surface area contributed by atoms with Crippen LogP contribution in [0, 0.1) is 0 Å². The van der Waals surface area contributed by atoms with Crippen molar-refractivity contribution < 1.29 is 9.53 Å². The van der Waals surface area contributed by atoms with E-state index in [1.54, 1.807) is 0 Å². The summed E-state index contributed by atoms with van der Waals surface area (Å²) in [6.07, 6.45) is 0.717. The number of nitrogens with one attached hydrogen (secondary N) is 1. The van der Waals surface area contributed by atoms with Crippen molar-refractivity contribution in [3.05, 3.63) is 0 Å². The lowest BCUT2D eigenvalue weighted by atomic mass is 10.1. The van der Waals surface area contributed by atoms with Crippen molar-refractivity contribution in [3.63, 3.8) is 0 Å². The predicted octanol–water partition coefficient (Wildman–Crippen LogP) is 1.61. The number of carbonyl (C=O) groups excluding carboxylic acids is 1. The second-order valence-electron chi connectivity index (χ2n) is 4.97. The van der Waals surface area contributed by atoms with Crippen LogP contribution in [-0.4, -0.2) is 42.3 Å². The first-order valence-corrected chi connectivity index (χ1v) is 5.62. The Labute approximate surface area is 92.0 Å². The molecule has 88 valence electrons. The highest BCUT2D eigenvalue weighted by atomic mass is 16.5. The van der Waals surface area contributed by atoms with E-state index in [0.717, 1.165) is 19.5 Å². The van der Waals surface area contributed by atoms with Crippen LogP contribution in [-0.2, 0) is 4.74 Å². The van der Waals surface area contributed by atoms with Crippen molar-refractivity contribution in [2.75, 3.05) is 19.7 Å². The Hall–Kier alpha value is -0.770. The van der Waals surface area contributed by atoms with Crippen LogP contribution >= 0.6 is 0 Å². The van der Waals surface area contributed by atoms with Gasteiger partial charge in [-0.1, -0.05) is 0 Å². The molecule has 1 heterocycles. The molecule has 4 heteroatoms. The van der Waals surface area contributed by atoms with Gasteiger partial charge in [-0.15, -0.1) is 0 Å². The Kier molecular flexibility index (Phi) is 3.97. The summed E-state index contributed by atoms with van der Waals surface area (Å²) < 4.78 is 4.86. The van der Waals surface area contributed by atoms with Crippen molar-refractivity contribution in [1.82, 2.24) is 10.2 Å². The van der Waals surface area contributed by atoms with Crippen molar-refractivity contribution in [2.24, 2.45) is 0 Å². The average molecular weight is 214 g/mol. The Bertz CT molecular complexity index is 223. The summed E-state index contributed by atoms with van der Waals surface area (Å²) >= 11 is 0. The molecule has 1 aliphatic rings. The average Bonchev–Trinajstić information content (AvgIpc) is 2.52. The third-order valence-electron chi connectivity index (χ3n) is 2.73. The highest BCUT2D eigenvalue weighted by Gasteiger charge is 2.30. The van der Waals surface area contributed by atoms with Gasteiger partial charge < -0.3 is 10.1 Å². The van der Waals surface area contributed by atoms with Gasteiger partial charge in [0.1, 0.15) is 0 Å². The monoisotopic (exact) mass is 214 g/mol. The fraction of sp³-hybridized carbons (Fsp3) is 0.909. The zero-order valence-electron chi connectivity index (χ0n) is 10.2. The van der Waals surface area contributed by atoms with Gasteiger partial charge in [0.15, 0.2) is 0 Å². The SMILES string of the molecule is CCOC(=O)N[C@H]1CCN(C(C)(C)C)C1. The van der Waals surface area contributed by atoms with Crippen LogP contribution in [0.4, 0.5) is 4.79 Å². The summed E-state index contributed by atoms with van der Waals surface area (Å²) in [6, 6.07) is 0.239. The van der Waals surface area contributed by atoms with E-state index in [9.17, 15) is 4.79 Å². The van der Waals surface area contributed by atoms with E-state index in [4.69, 9.17) is 4.74 Å². The smallest absolute Gasteiger partial charge is 0.407 e. The van der Waals surface area contributed by atoms with Gasteiger partial charge in [-0.05, 0) is 34.1 Å². The molecule has 0 saturated carbocycles. The zero-order valence-corrected chi connectivity index (χ0v) is 10.2. The van der Waals surface area contributed by atoms with Gasteiger partial charge in [0.25, 0.3) is 0 Å². The minimum Gasteiger partial charge on any atom is -0.450 e. The van der Waals surface area contributed by atoms with Crippen molar-refractivity contribution in [1.29, 1.82) is 0 Å². The van der Waals surface area contributed by atoms with Crippen LogP contribution in [0.1, 0.15) is 34.1 Å². The Morgan fingerprint density at radius 3 is 2.67 bits per heavy atom. The molecule has 0 aromatic heterocycles. The second-order valence-corrected chi connectivity index (χ2v) is 4.97. The second kappa shape index (κ2) is 4.84. The third-order valence-corrected chi connectivity index (χ3v) is 2.73. The molecular weight excluding hydrogens is 192 g/mol. The lowest BCUT2D eigenvalue weighted by Gasteiger charge is -2.31. The molecule has 0 spiro atoms. The number of ether oxygens (including phenoxy) is 1. The van der Waals surface area contributed by atoms with E-state index in [0.29, 0.717) is 6.61 Å². The molecule has 1 amide bonds. The molecule has 4 nitrogen and oxygen atoms in total. The molecule has 15 heavy (non-hydrogen) atoms. The molecule has 1 rings (SSSR count). The van der Waals surface area contributed by atoms with Crippen LogP contribution in [0.5, 0.6) is 0 Å². The molecule has 1 aliphatic heterocycles. The van der Waals surface area contributed by atoms with E-state index < -0.39 is 0 Å². The molecule has 0 aromatic rings. The summed E-state index contributed by atoms with van der Waals surface area (Å²) in [5.41, 5.74) is 0.186. The summed E-state index contributed by atoms with van der Waals surface area (Å²) in [7, 11) is 0. The highest BCUT2D eigenvalue weighted by Crippen LogP contribution is 2.20. The van der Waals surface area contributed by atoms with Gasteiger partial charge in [0.2, 0.25) is 0 Å². The van der Waals surface area contributed by atoms with E-state index in [2.05, 4.69) is 31.0 Å². The van der Waals surface area contributed by atoms with Crippen molar-refractivity contribution >= 4 is 6.09 Å². The number of rotatable bonds is 2. The molecule has 0 bridgehead atoms. The number of carbonyl (C=O) groups is 1. The Morgan fingerprint density at radius 1 is 1.53 bits per heavy atom. The molecule has 1 saturated heterocycles. The van der Waals surface area contributed by atoms with Crippen molar-refractivity contribution in [3.8, 4) is 0 Å². The Morgan fingerprint density at radius 2 is 2.20 bits per heavy atom. The number of alkyl carbamates (subject to hydrolysis) is 1. The lowest BCUT2D eigenvalue weighted by Crippen LogP contribution is -2.43. The minimum atomic E-state index is -0.293. The van der Waals surface area contributed by atoms with Gasteiger partial charge in [0.05, 0.1) is 6.61 Å². The maximum Gasteiger partial charge on any atom is 0.407 e. The molecule has 0 aliphatic carbocycles. The summed E-state index contributed by atoms with van der Waals surface area (Å²) in [5.74, 6) is 0. The quantitative estimate of drug-likeness (QED) is 0.759. The van der Waals surface area contributed by atoms with Gasteiger partial charge in [-0.2, -0.15) is 0 Å². The molecule has 0 aromatic carbocycles. The highest BCUT2D eigenvalue weighted by molar-refractivity contribution is 5.67. The summed E-state index contributed by atoms with van der Waals surface area (Å²) in [6.45, 7) is 10.8. The minimum absolute atomic E-state index is 0.186. The third kappa shape index (κ3) is 3.70. The van der Waals surface area contributed by atoms with Gasteiger partial charge >= 0.3 is 6.09 Å². The molecule has 1 fully saturated rings. The van der Waals surface area contributed by atoms with E-state index in [-0.39, 0.29) is 17.7 Å². The molecule has 1 N–H and O–H groups in total. The van der Waals surface area contributed by atoms with Crippen LogP contribution in [0.3, 0.4) is 0 Å². The molecular formula is C11H22N2O2. The number of hydrogen-bond donors (Lipinski definition) is 1. The number of nitrogens with zero attached hydrogens (tertiary/aromatic N) is 1. The summed E-state index contributed by atoms with van der Waals surface area (Å²) in [4.78, 5) is 13.6. The molecule has 0 radical (unpaired) electrons. The molecule has 0 unspecified atom stereocenters. The maximum absolute atomic E-state index is 11.2. The van der Waals surface area contributed by atoms with Crippen LogP contribution in [0.25, 0.3) is 0 Å². The fourth-order valence-electron chi connectivity index (χ4n) is 1.83. The van der Waals surface area contributed by atoms with E-state index in [1.165, 1.54) is 0 Å². The van der Waals surface area contributed by atoms with Crippen molar-refractivity contribution in [2.45, 2.75) is 45.7 Å². The maximum atomic E-state index is 11.2. The first-order valence-electron chi connectivity index (χ1n) is 5.62. The first kappa shape index (κ1) is 12.3. The fourth-order valence-corrected chi connectivity index (χ4v) is 1.83. The number of likely N-dealkylation sites (tertiary alicyclic amines) is 1. The van der Waals surface area contributed by atoms with Gasteiger partial charge in [-0.25, -0.2) is 4.79 Å². The van der Waals surface area contributed by atoms with Crippen LogP contribution < -0.4 is 5.32 Å². The Balaban J connectivity index is 2.34. The molecule has 1 atom stereocenters. The summed E-state index contributed by atoms with van der Waals surface area (Å²) in [5, 5.41) is 2.88. The lowest BCUT2D eigenvalue weighted by molar-refractivity contribution is 0.143.